The van der Waals surface area contributed by atoms with Gasteiger partial charge in [-0.1, -0.05) is 31.2 Å². The van der Waals surface area contributed by atoms with Gasteiger partial charge in [0.05, 0.1) is 13.2 Å². The maximum atomic E-state index is 5.31. The van der Waals surface area contributed by atoms with Crippen LogP contribution in [0.3, 0.4) is 0 Å². The van der Waals surface area contributed by atoms with E-state index in [0.717, 1.165) is 39.3 Å². The molecule has 1 aromatic rings. The number of ether oxygens (including phenoxy) is 1. The molecule has 16 heavy (non-hydrogen) atoms. The molecule has 0 radical (unpaired) electrons. The smallest absolute Gasteiger partial charge is 0.0608 e. The van der Waals surface area contributed by atoms with E-state index in [2.05, 4.69) is 41.6 Å². The summed E-state index contributed by atoms with van der Waals surface area (Å²) in [6, 6.07) is 8.62. The third-order valence-electron chi connectivity index (χ3n) is 3.00. The maximum absolute atomic E-state index is 5.31. The summed E-state index contributed by atoms with van der Waals surface area (Å²) in [6.45, 7) is 6.75. The second-order valence-electron chi connectivity index (χ2n) is 4.06. The predicted molar refractivity (Wildman–Crippen MR) is 65.1 cm³/mol. The molecule has 0 amide bonds. The molecule has 0 aliphatic carbocycles. The van der Waals surface area contributed by atoms with Gasteiger partial charge in [-0.25, -0.2) is 5.01 Å². The number of nitrogens with one attached hydrogen (secondary N) is 1. The molecule has 3 nitrogen and oxygen atoms in total. The topological polar surface area (TPSA) is 24.5 Å². The van der Waals surface area contributed by atoms with Crippen molar-refractivity contribution in [3.63, 3.8) is 0 Å². The second-order valence-corrected chi connectivity index (χ2v) is 4.06. The van der Waals surface area contributed by atoms with Gasteiger partial charge in [0.1, 0.15) is 0 Å². The van der Waals surface area contributed by atoms with Crippen molar-refractivity contribution in [2.45, 2.75) is 19.9 Å². The summed E-state index contributed by atoms with van der Waals surface area (Å²) in [5.74, 6) is 0. The second kappa shape index (κ2) is 5.99. The first-order valence-electron chi connectivity index (χ1n) is 6.03. The Morgan fingerprint density at radius 3 is 2.56 bits per heavy atom. The summed E-state index contributed by atoms with van der Waals surface area (Å²) in [4.78, 5) is 0. The van der Waals surface area contributed by atoms with Crippen molar-refractivity contribution in [3.05, 3.63) is 35.4 Å². The SMILES string of the molecule is CCc1ccccc1CNN1CCOCC1. The molecule has 1 fully saturated rings. The third kappa shape index (κ3) is 3.04. The van der Waals surface area contributed by atoms with Gasteiger partial charge in [-0.05, 0) is 17.5 Å². The monoisotopic (exact) mass is 220 g/mol. The number of morpholine rings is 1. The molecule has 0 unspecified atom stereocenters. The summed E-state index contributed by atoms with van der Waals surface area (Å²) in [5, 5.41) is 2.25. The minimum absolute atomic E-state index is 0.836. The normalized spacial score (nSPS) is 17.6. The lowest BCUT2D eigenvalue weighted by atomic mass is 10.1. The zero-order chi connectivity index (χ0) is 11.2. The van der Waals surface area contributed by atoms with Crippen LogP contribution in [0, 0.1) is 0 Å². The van der Waals surface area contributed by atoms with Gasteiger partial charge in [-0.15, -0.1) is 0 Å². The molecule has 0 bridgehead atoms. The number of hydrazine groups is 1. The highest BCUT2D eigenvalue weighted by Gasteiger charge is 2.09. The Balaban J connectivity index is 1.88. The van der Waals surface area contributed by atoms with Crippen LogP contribution in [0.1, 0.15) is 18.1 Å². The molecule has 3 heteroatoms. The molecule has 0 saturated carbocycles. The predicted octanol–water partition coefficient (Wildman–Crippen LogP) is 1.59. The Hall–Kier alpha value is -0.900. The zero-order valence-corrected chi connectivity index (χ0v) is 9.91. The van der Waals surface area contributed by atoms with Crippen molar-refractivity contribution in [1.29, 1.82) is 0 Å². The molecule has 0 atom stereocenters. The molecule has 1 heterocycles. The van der Waals surface area contributed by atoms with E-state index in [0.29, 0.717) is 0 Å². The van der Waals surface area contributed by atoms with Crippen LogP contribution in [0.25, 0.3) is 0 Å². The van der Waals surface area contributed by atoms with Gasteiger partial charge >= 0.3 is 0 Å². The van der Waals surface area contributed by atoms with E-state index in [1.165, 1.54) is 11.1 Å². The van der Waals surface area contributed by atoms with Crippen LogP contribution in [0.15, 0.2) is 24.3 Å². The molecule has 0 aromatic heterocycles. The van der Waals surface area contributed by atoms with Gasteiger partial charge in [0.2, 0.25) is 0 Å². The van der Waals surface area contributed by atoms with Crippen LogP contribution < -0.4 is 5.43 Å². The highest BCUT2D eigenvalue weighted by atomic mass is 16.5. The summed E-state index contributed by atoms with van der Waals surface area (Å²) in [6.07, 6.45) is 1.10. The van der Waals surface area contributed by atoms with Gasteiger partial charge in [0.25, 0.3) is 0 Å². The Bertz CT molecular complexity index is 321. The van der Waals surface area contributed by atoms with Crippen LogP contribution in [0.5, 0.6) is 0 Å². The Labute approximate surface area is 97.4 Å². The number of rotatable bonds is 4. The van der Waals surface area contributed by atoms with E-state index < -0.39 is 0 Å². The largest absolute Gasteiger partial charge is 0.379 e. The molecule has 1 N–H and O–H groups in total. The summed E-state index contributed by atoms with van der Waals surface area (Å²) >= 11 is 0. The van der Waals surface area contributed by atoms with Crippen molar-refractivity contribution in [2.75, 3.05) is 26.3 Å². The number of benzene rings is 1. The lowest BCUT2D eigenvalue weighted by molar-refractivity contribution is 0.0105. The van der Waals surface area contributed by atoms with Crippen LogP contribution in [0.2, 0.25) is 0 Å². The fourth-order valence-electron chi connectivity index (χ4n) is 1.99. The van der Waals surface area contributed by atoms with E-state index in [1.807, 2.05) is 0 Å². The fraction of sp³-hybridized carbons (Fsp3) is 0.538. The van der Waals surface area contributed by atoms with Crippen LogP contribution >= 0.6 is 0 Å². The fourth-order valence-corrected chi connectivity index (χ4v) is 1.99. The summed E-state index contributed by atoms with van der Waals surface area (Å²) < 4.78 is 5.31. The van der Waals surface area contributed by atoms with Gasteiger partial charge in [-0.3, -0.25) is 5.43 Å². The highest BCUT2D eigenvalue weighted by Crippen LogP contribution is 2.09. The standard InChI is InChI=1S/C13H20N2O/c1-2-12-5-3-4-6-13(12)11-14-15-7-9-16-10-8-15/h3-6,14H,2,7-11H2,1H3. The molecule has 0 spiro atoms. The first kappa shape index (κ1) is 11.6. The number of nitrogens with zero attached hydrogens (tertiary/aromatic N) is 1. The number of hydrogen-bond acceptors (Lipinski definition) is 3. The summed E-state index contributed by atoms with van der Waals surface area (Å²) in [5.41, 5.74) is 6.30. The van der Waals surface area contributed by atoms with Crippen molar-refractivity contribution >= 4 is 0 Å². The molecule has 1 aliphatic heterocycles. The molecular formula is C13H20N2O. The lowest BCUT2D eigenvalue weighted by Gasteiger charge is -2.27. The van der Waals surface area contributed by atoms with E-state index in [1.54, 1.807) is 0 Å². The van der Waals surface area contributed by atoms with E-state index in [4.69, 9.17) is 4.74 Å². The zero-order valence-electron chi connectivity index (χ0n) is 9.91. The molecule has 88 valence electrons. The molecule has 1 aliphatic rings. The van der Waals surface area contributed by atoms with Gasteiger partial charge < -0.3 is 4.74 Å². The number of hydrogen-bond donors (Lipinski definition) is 1. The Kier molecular flexibility index (Phi) is 4.34. The molecule has 1 aromatic carbocycles. The van der Waals surface area contributed by atoms with Crippen LogP contribution in [0.4, 0.5) is 0 Å². The molecule has 2 rings (SSSR count). The van der Waals surface area contributed by atoms with Gasteiger partial charge in [0.15, 0.2) is 0 Å². The lowest BCUT2D eigenvalue weighted by Crippen LogP contribution is -2.45. The van der Waals surface area contributed by atoms with E-state index in [9.17, 15) is 0 Å². The Morgan fingerprint density at radius 1 is 1.19 bits per heavy atom. The average Bonchev–Trinajstić information content (AvgIpc) is 2.38. The highest BCUT2D eigenvalue weighted by molar-refractivity contribution is 5.26. The first-order valence-corrected chi connectivity index (χ1v) is 6.03. The average molecular weight is 220 g/mol. The quantitative estimate of drug-likeness (QED) is 0.834. The van der Waals surface area contributed by atoms with Crippen LogP contribution in [-0.4, -0.2) is 31.3 Å². The van der Waals surface area contributed by atoms with E-state index >= 15 is 0 Å². The minimum atomic E-state index is 0.836. The van der Waals surface area contributed by atoms with Gasteiger partial charge in [-0.2, -0.15) is 0 Å². The van der Waals surface area contributed by atoms with Crippen molar-refractivity contribution in [2.24, 2.45) is 0 Å². The van der Waals surface area contributed by atoms with Crippen LogP contribution in [-0.2, 0) is 17.7 Å². The van der Waals surface area contributed by atoms with Crippen molar-refractivity contribution in [1.82, 2.24) is 10.4 Å². The van der Waals surface area contributed by atoms with Crippen molar-refractivity contribution < 1.29 is 4.74 Å². The van der Waals surface area contributed by atoms with Gasteiger partial charge in [0, 0.05) is 19.6 Å². The van der Waals surface area contributed by atoms with E-state index in [-0.39, 0.29) is 0 Å². The molecule has 1 saturated heterocycles. The van der Waals surface area contributed by atoms with Crippen molar-refractivity contribution in [3.8, 4) is 0 Å². The summed E-state index contributed by atoms with van der Waals surface area (Å²) in [7, 11) is 0. The maximum Gasteiger partial charge on any atom is 0.0608 e. The third-order valence-corrected chi connectivity index (χ3v) is 3.00. The molecular weight excluding hydrogens is 200 g/mol. The minimum Gasteiger partial charge on any atom is -0.379 e. The Morgan fingerprint density at radius 2 is 1.88 bits per heavy atom. The number of aryl methyl sites for hydroxylation is 1. The first-order chi connectivity index (χ1) is 7.90.